The Morgan fingerprint density at radius 2 is 1.24 bits per heavy atom. The van der Waals surface area contributed by atoms with Gasteiger partial charge in [-0.15, -0.1) is 0 Å². The third kappa shape index (κ3) is 11.8. The van der Waals surface area contributed by atoms with Gasteiger partial charge in [0.25, 0.3) is 0 Å². The minimum atomic E-state index is -1.44. The van der Waals surface area contributed by atoms with Crippen molar-refractivity contribution in [2.45, 2.75) is 77.5 Å². The maximum atomic E-state index is 12.8. The molecule has 0 aromatic heterocycles. The van der Waals surface area contributed by atoms with Crippen LogP contribution in [0, 0.1) is 11.8 Å². The van der Waals surface area contributed by atoms with E-state index in [0.29, 0.717) is 0 Å². The van der Waals surface area contributed by atoms with Gasteiger partial charge in [0.2, 0.25) is 29.5 Å². The first-order valence-electron chi connectivity index (χ1n) is 10.6. The van der Waals surface area contributed by atoms with Crippen molar-refractivity contribution in [2.75, 3.05) is 0 Å². The third-order valence-electron chi connectivity index (χ3n) is 4.69. The van der Waals surface area contributed by atoms with Gasteiger partial charge in [0.1, 0.15) is 18.1 Å². The molecule has 4 unspecified atom stereocenters. The second-order valence-corrected chi connectivity index (χ2v) is 8.60. The van der Waals surface area contributed by atoms with E-state index in [0.717, 1.165) is 0 Å². The Hall–Kier alpha value is -3.22. The molecule has 10 N–H and O–H groups in total. The summed E-state index contributed by atoms with van der Waals surface area (Å²) in [6, 6.07) is -4.98. The number of nitrogens with two attached hydrogens (primary N) is 3. The van der Waals surface area contributed by atoms with Gasteiger partial charge in [-0.3, -0.25) is 24.0 Å². The standard InChI is InChI=1S/C20H36N6O7/c1-9(2)7-13(20(32)33)26-17(29)11(5-6-14(21)27)24-18(30)12(8-15(22)28)25-19(31)16(23)10(3)4/h9-13,16H,5-8,23H2,1-4H3,(H2,21,27)(H2,22,28)(H,24,30)(H,25,31)(H,26,29)(H,32,33). The Morgan fingerprint density at radius 1 is 0.758 bits per heavy atom. The lowest BCUT2D eigenvalue weighted by molar-refractivity contribution is -0.143. The van der Waals surface area contributed by atoms with Gasteiger partial charge in [-0.2, -0.15) is 0 Å². The van der Waals surface area contributed by atoms with Crippen LogP contribution in [0.25, 0.3) is 0 Å². The average Bonchev–Trinajstić information content (AvgIpc) is 2.67. The summed E-state index contributed by atoms with van der Waals surface area (Å²) >= 11 is 0. The van der Waals surface area contributed by atoms with Crippen LogP contribution in [-0.2, 0) is 28.8 Å². The molecule has 4 atom stereocenters. The number of nitrogens with one attached hydrogen (secondary N) is 3. The molecule has 0 aromatic rings. The number of amides is 5. The molecule has 0 aliphatic heterocycles. The number of primary amides is 2. The van der Waals surface area contributed by atoms with Crippen molar-refractivity contribution < 1.29 is 33.9 Å². The van der Waals surface area contributed by atoms with Crippen molar-refractivity contribution in [3.8, 4) is 0 Å². The molecular formula is C20H36N6O7. The molecule has 13 heteroatoms. The van der Waals surface area contributed by atoms with E-state index < -0.39 is 66.1 Å². The fourth-order valence-electron chi connectivity index (χ4n) is 2.77. The monoisotopic (exact) mass is 472 g/mol. The summed E-state index contributed by atoms with van der Waals surface area (Å²) in [5.74, 6) is -5.71. The number of carbonyl (C=O) groups excluding carboxylic acids is 5. The molecule has 0 bridgehead atoms. The van der Waals surface area contributed by atoms with E-state index in [1.807, 2.05) is 0 Å². The molecule has 0 aromatic carbocycles. The molecule has 188 valence electrons. The van der Waals surface area contributed by atoms with Crippen LogP contribution in [0.2, 0.25) is 0 Å². The Balaban J connectivity index is 5.61. The van der Waals surface area contributed by atoms with Crippen LogP contribution in [-0.4, -0.2) is 64.8 Å². The molecule has 0 heterocycles. The highest BCUT2D eigenvalue weighted by Gasteiger charge is 2.31. The first kappa shape index (κ1) is 29.8. The normalized spacial score (nSPS) is 14.6. The second kappa shape index (κ2) is 14.0. The minimum absolute atomic E-state index is 0.0506. The fourth-order valence-corrected chi connectivity index (χ4v) is 2.77. The molecule has 0 saturated carbocycles. The van der Waals surface area contributed by atoms with E-state index in [9.17, 15) is 33.9 Å². The molecule has 0 aliphatic carbocycles. The predicted molar refractivity (Wildman–Crippen MR) is 118 cm³/mol. The lowest BCUT2D eigenvalue weighted by atomic mass is 10.0. The van der Waals surface area contributed by atoms with Gasteiger partial charge in [0.05, 0.1) is 12.5 Å². The van der Waals surface area contributed by atoms with Gasteiger partial charge < -0.3 is 38.3 Å². The first-order valence-corrected chi connectivity index (χ1v) is 10.6. The zero-order valence-electron chi connectivity index (χ0n) is 19.4. The lowest BCUT2D eigenvalue weighted by Crippen LogP contribution is -2.58. The van der Waals surface area contributed by atoms with Crippen LogP contribution >= 0.6 is 0 Å². The SMILES string of the molecule is CC(C)CC(NC(=O)C(CCC(N)=O)NC(=O)C(CC(N)=O)NC(=O)C(N)C(C)C)C(=O)O. The molecule has 0 rings (SSSR count). The van der Waals surface area contributed by atoms with Gasteiger partial charge in [-0.05, 0) is 24.7 Å². The van der Waals surface area contributed by atoms with Crippen molar-refractivity contribution in [2.24, 2.45) is 29.0 Å². The lowest BCUT2D eigenvalue weighted by Gasteiger charge is -2.25. The molecule has 0 aliphatic rings. The smallest absolute Gasteiger partial charge is 0.326 e. The maximum absolute atomic E-state index is 12.8. The maximum Gasteiger partial charge on any atom is 0.326 e. The zero-order valence-corrected chi connectivity index (χ0v) is 19.4. The van der Waals surface area contributed by atoms with Gasteiger partial charge in [0.15, 0.2) is 0 Å². The van der Waals surface area contributed by atoms with E-state index >= 15 is 0 Å². The van der Waals surface area contributed by atoms with Crippen LogP contribution in [0.3, 0.4) is 0 Å². The number of rotatable bonds is 15. The van der Waals surface area contributed by atoms with Crippen molar-refractivity contribution in [1.29, 1.82) is 0 Å². The van der Waals surface area contributed by atoms with Crippen LogP contribution in [0.5, 0.6) is 0 Å². The van der Waals surface area contributed by atoms with Crippen LogP contribution in [0.15, 0.2) is 0 Å². The average molecular weight is 473 g/mol. The van der Waals surface area contributed by atoms with E-state index in [1.54, 1.807) is 27.7 Å². The van der Waals surface area contributed by atoms with Gasteiger partial charge in [0, 0.05) is 6.42 Å². The summed E-state index contributed by atoms with van der Waals surface area (Å²) < 4.78 is 0. The second-order valence-electron chi connectivity index (χ2n) is 8.60. The van der Waals surface area contributed by atoms with E-state index in [-0.39, 0.29) is 31.1 Å². The summed E-state index contributed by atoms with van der Waals surface area (Å²) in [4.78, 5) is 71.8. The zero-order chi connectivity index (χ0) is 25.9. The summed E-state index contributed by atoms with van der Waals surface area (Å²) in [6.45, 7) is 6.92. The Kier molecular flexibility index (Phi) is 12.7. The molecule has 0 spiro atoms. The van der Waals surface area contributed by atoms with Crippen LogP contribution < -0.4 is 33.2 Å². The van der Waals surface area contributed by atoms with Crippen LogP contribution in [0.4, 0.5) is 0 Å². The largest absolute Gasteiger partial charge is 0.480 e. The molecular weight excluding hydrogens is 436 g/mol. The fraction of sp³-hybridized carbons (Fsp3) is 0.700. The Morgan fingerprint density at radius 3 is 1.67 bits per heavy atom. The number of hydrogen-bond acceptors (Lipinski definition) is 7. The Labute approximate surface area is 192 Å². The number of carbonyl (C=O) groups is 6. The summed E-state index contributed by atoms with van der Waals surface area (Å²) in [6.07, 6.45) is -0.961. The topological polar surface area (TPSA) is 237 Å². The highest BCUT2D eigenvalue weighted by molar-refractivity contribution is 5.96. The molecule has 0 saturated heterocycles. The molecule has 33 heavy (non-hydrogen) atoms. The minimum Gasteiger partial charge on any atom is -0.480 e. The van der Waals surface area contributed by atoms with Gasteiger partial charge in [-0.25, -0.2) is 4.79 Å². The van der Waals surface area contributed by atoms with E-state index in [1.165, 1.54) is 0 Å². The number of carboxylic acid groups (broad SMARTS) is 1. The summed E-state index contributed by atoms with van der Waals surface area (Å²) in [5, 5.41) is 16.3. The highest BCUT2D eigenvalue weighted by atomic mass is 16.4. The van der Waals surface area contributed by atoms with Crippen molar-refractivity contribution in [3.05, 3.63) is 0 Å². The summed E-state index contributed by atoms with van der Waals surface area (Å²) in [7, 11) is 0. The predicted octanol–water partition coefficient (Wildman–Crippen LogP) is -2.30. The Bertz CT molecular complexity index is 740. The van der Waals surface area contributed by atoms with Crippen LogP contribution in [0.1, 0.15) is 53.4 Å². The van der Waals surface area contributed by atoms with Crippen molar-refractivity contribution in [1.82, 2.24) is 16.0 Å². The molecule has 0 fully saturated rings. The highest BCUT2D eigenvalue weighted by Crippen LogP contribution is 2.07. The van der Waals surface area contributed by atoms with Gasteiger partial charge >= 0.3 is 5.97 Å². The quantitative estimate of drug-likeness (QED) is 0.136. The third-order valence-corrected chi connectivity index (χ3v) is 4.69. The van der Waals surface area contributed by atoms with Gasteiger partial charge in [-0.1, -0.05) is 27.7 Å². The molecule has 0 radical (unpaired) electrons. The van der Waals surface area contributed by atoms with Crippen molar-refractivity contribution in [3.63, 3.8) is 0 Å². The van der Waals surface area contributed by atoms with E-state index in [4.69, 9.17) is 17.2 Å². The first-order chi connectivity index (χ1) is 15.1. The number of hydrogen-bond donors (Lipinski definition) is 7. The number of carboxylic acids is 1. The number of aliphatic carboxylic acids is 1. The van der Waals surface area contributed by atoms with E-state index in [2.05, 4.69) is 16.0 Å². The molecule has 5 amide bonds. The summed E-state index contributed by atoms with van der Waals surface area (Å²) in [5.41, 5.74) is 16.1. The molecule has 13 nitrogen and oxygen atoms in total. The van der Waals surface area contributed by atoms with Crippen molar-refractivity contribution >= 4 is 35.5 Å².